The average Bonchev–Trinajstić information content (AvgIpc) is 3.05. The minimum absolute atomic E-state index is 0.144. The van der Waals surface area contributed by atoms with Gasteiger partial charge in [0.25, 0.3) is 5.91 Å². The molecule has 0 aromatic rings. The minimum Gasteiger partial charge on any atom is -0.357 e. The highest BCUT2D eigenvalue weighted by Gasteiger charge is 2.37. The minimum atomic E-state index is -0.624. The molecule has 1 aliphatic carbocycles. The molecule has 1 heterocycles. The van der Waals surface area contributed by atoms with E-state index in [1.807, 2.05) is 32.9 Å². The number of nitrogens with zero attached hydrogens (tertiary/aromatic N) is 1. The summed E-state index contributed by atoms with van der Waals surface area (Å²) in [6, 6.07) is -0.624. The van der Waals surface area contributed by atoms with Crippen molar-refractivity contribution < 1.29 is 14.4 Å². The second-order valence-corrected chi connectivity index (χ2v) is 7.09. The van der Waals surface area contributed by atoms with Crippen LogP contribution in [0.15, 0.2) is 35.5 Å². The number of amides is 2. The first-order valence-electron chi connectivity index (χ1n) is 10.6. The number of nitrogens with one attached hydrogen (secondary N) is 1. The molecule has 1 unspecified atom stereocenters. The van der Waals surface area contributed by atoms with Gasteiger partial charge in [0.1, 0.15) is 12.3 Å². The Labute approximate surface area is 169 Å². The summed E-state index contributed by atoms with van der Waals surface area (Å²) in [6.45, 7) is 10.5. The highest BCUT2D eigenvalue weighted by Crippen LogP contribution is 2.33. The van der Waals surface area contributed by atoms with Crippen molar-refractivity contribution in [2.45, 2.75) is 71.8 Å². The smallest absolute Gasteiger partial charge is 0.255 e. The van der Waals surface area contributed by atoms with Gasteiger partial charge < -0.3 is 15.0 Å². The molecule has 2 rings (SSSR count). The molecule has 0 aromatic heterocycles. The fourth-order valence-corrected chi connectivity index (χ4v) is 3.88. The van der Waals surface area contributed by atoms with E-state index in [2.05, 4.69) is 11.9 Å². The van der Waals surface area contributed by atoms with Gasteiger partial charge in [-0.2, -0.15) is 0 Å². The monoisotopic (exact) mass is 388 g/mol. The molecule has 1 saturated carbocycles. The van der Waals surface area contributed by atoms with Crippen molar-refractivity contribution in [3.8, 4) is 0 Å². The lowest BCUT2D eigenvalue weighted by molar-refractivity contribution is -0.136. The molecule has 1 N–H and O–H groups in total. The van der Waals surface area contributed by atoms with Crippen LogP contribution in [0.1, 0.15) is 65.7 Å². The van der Waals surface area contributed by atoms with Gasteiger partial charge in [-0.15, -0.1) is 0 Å². The molecule has 2 amide bonds. The summed E-state index contributed by atoms with van der Waals surface area (Å²) in [5.41, 5.74) is 2.58. The normalized spacial score (nSPS) is 21.3. The lowest BCUT2D eigenvalue weighted by Gasteiger charge is -2.25. The van der Waals surface area contributed by atoms with E-state index in [4.69, 9.17) is 0 Å². The molecule has 1 atom stereocenters. The summed E-state index contributed by atoms with van der Waals surface area (Å²) in [7, 11) is 1.55. The summed E-state index contributed by atoms with van der Waals surface area (Å²) < 4.78 is 0. The second-order valence-electron chi connectivity index (χ2n) is 7.09. The second kappa shape index (κ2) is 12.3. The first-order valence-corrected chi connectivity index (χ1v) is 10.6. The third kappa shape index (κ3) is 5.91. The Hall–Kier alpha value is -2.17. The standard InChI is InChI=1S/C21H30N2O3.C2H6/c1-4-16-14-23(19(11-8-12-24)20(25)22-3)21(26)18(16)13-15(2)17-9-6-5-7-10-17;1-2/h4,12-13,17,19H,2,5-11,14H2,1,3H3,(H,22,25);1-2H3/b16-4-,18-13+;. The summed E-state index contributed by atoms with van der Waals surface area (Å²) in [6.07, 6.45) is 11.2. The van der Waals surface area contributed by atoms with Crippen LogP contribution in [0.2, 0.25) is 0 Å². The third-order valence-corrected chi connectivity index (χ3v) is 5.47. The van der Waals surface area contributed by atoms with E-state index in [1.54, 1.807) is 11.9 Å². The first kappa shape index (κ1) is 23.9. The van der Waals surface area contributed by atoms with E-state index < -0.39 is 6.04 Å². The van der Waals surface area contributed by atoms with Gasteiger partial charge in [0.15, 0.2) is 0 Å². The zero-order valence-electron chi connectivity index (χ0n) is 17.9. The van der Waals surface area contributed by atoms with Crippen molar-refractivity contribution in [3.05, 3.63) is 35.5 Å². The van der Waals surface area contributed by atoms with Crippen molar-refractivity contribution in [1.82, 2.24) is 10.2 Å². The fraction of sp³-hybridized carbons (Fsp3) is 0.609. The predicted octanol–water partition coefficient (Wildman–Crippen LogP) is 3.96. The molecule has 156 valence electrons. The molecular formula is C23H36N2O3. The Kier molecular flexibility index (Phi) is 10.5. The molecule has 5 heteroatoms. The molecular weight excluding hydrogens is 352 g/mol. The number of hydrogen-bond acceptors (Lipinski definition) is 3. The van der Waals surface area contributed by atoms with Crippen molar-refractivity contribution in [3.63, 3.8) is 0 Å². The Morgan fingerprint density at radius 3 is 2.46 bits per heavy atom. The fourth-order valence-electron chi connectivity index (χ4n) is 3.88. The van der Waals surface area contributed by atoms with Crippen LogP contribution in [-0.2, 0) is 14.4 Å². The largest absolute Gasteiger partial charge is 0.357 e. The molecule has 0 bridgehead atoms. The van der Waals surface area contributed by atoms with Gasteiger partial charge in [0, 0.05) is 25.6 Å². The van der Waals surface area contributed by atoms with Crippen LogP contribution in [0.4, 0.5) is 0 Å². The molecule has 0 radical (unpaired) electrons. The zero-order valence-corrected chi connectivity index (χ0v) is 17.9. The Morgan fingerprint density at radius 2 is 1.93 bits per heavy atom. The van der Waals surface area contributed by atoms with E-state index >= 15 is 0 Å². The number of likely N-dealkylation sites (N-methyl/N-ethyl adjacent to an activating group) is 1. The summed E-state index contributed by atoms with van der Waals surface area (Å²) in [5.74, 6) is 0.0681. The van der Waals surface area contributed by atoms with Crippen LogP contribution in [-0.4, -0.2) is 42.6 Å². The van der Waals surface area contributed by atoms with Gasteiger partial charge in [0.2, 0.25) is 5.91 Å². The zero-order chi connectivity index (χ0) is 21.1. The van der Waals surface area contributed by atoms with E-state index in [0.29, 0.717) is 24.5 Å². The molecule has 5 nitrogen and oxygen atoms in total. The first-order chi connectivity index (χ1) is 13.5. The van der Waals surface area contributed by atoms with Crippen molar-refractivity contribution in [2.75, 3.05) is 13.6 Å². The average molecular weight is 389 g/mol. The van der Waals surface area contributed by atoms with Gasteiger partial charge >= 0.3 is 0 Å². The van der Waals surface area contributed by atoms with Gasteiger partial charge in [0.05, 0.1) is 0 Å². The topological polar surface area (TPSA) is 66.5 Å². The van der Waals surface area contributed by atoms with Crippen LogP contribution in [0.25, 0.3) is 0 Å². The lowest BCUT2D eigenvalue weighted by atomic mass is 9.83. The number of carbonyl (C=O) groups excluding carboxylic acids is 3. The van der Waals surface area contributed by atoms with Crippen LogP contribution in [0.5, 0.6) is 0 Å². The summed E-state index contributed by atoms with van der Waals surface area (Å²) in [4.78, 5) is 37.6. The van der Waals surface area contributed by atoms with Gasteiger partial charge in [-0.05, 0) is 43.8 Å². The van der Waals surface area contributed by atoms with Gasteiger partial charge in [-0.1, -0.05) is 51.3 Å². The number of aldehydes is 1. The van der Waals surface area contributed by atoms with Crippen LogP contribution in [0, 0.1) is 5.92 Å². The molecule has 2 aliphatic rings. The molecule has 2 fully saturated rings. The maximum absolute atomic E-state index is 13.0. The van der Waals surface area contributed by atoms with E-state index in [-0.39, 0.29) is 18.2 Å². The van der Waals surface area contributed by atoms with Crippen molar-refractivity contribution >= 4 is 18.1 Å². The molecule has 1 saturated heterocycles. The number of allylic oxidation sites excluding steroid dienone is 3. The predicted molar refractivity (Wildman–Crippen MR) is 114 cm³/mol. The summed E-state index contributed by atoms with van der Waals surface area (Å²) in [5, 5.41) is 2.61. The van der Waals surface area contributed by atoms with Crippen molar-refractivity contribution in [2.24, 2.45) is 5.92 Å². The van der Waals surface area contributed by atoms with Crippen LogP contribution >= 0.6 is 0 Å². The van der Waals surface area contributed by atoms with Crippen LogP contribution in [0.3, 0.4) is 0 Å². The van der Waals surface area contributed by atoms with E-state index in [9.17, 15) is 14.4 Å². The summed E-state index contributed by atoms with van der Waals surface area (Å²) >= 11 is 0. The molecule has 0 spiro atoms. The highest BCUT2D eigenvalue weighted by atomic mass is 16.2. The van der Waals surface area contributed by atoms with E-state index in [0.717, 1.165) is 30.3 Å². The Morgan fingerprint density at radius 1 is 1.29 bits per heavy atom. The number of hydrogen-bond donors (Lipinski definition) is 1. The highest BCUT2D eigenvalue weighted by molar-refractivity contribution is 6.04. The van der Waals surface area contributed by atoms with Crippen molar-refractivity contribution in [1.29, 1.82) is 0 Å². The number of carbonyl (C=O) groups is 3. The number of rotatable bonds is 7. The lowest BCUT2D eigenvalue weighted by Crippen LogP contribution is -2.46. The Bertz CT molecular complexity index is 628. The maximum atomic E-state index is 13.0. The number of likely N-dealkylation sites (tertiary alicyclic amines) is 1. The molecule has 1 aliphatic heterocycles. The quantitative estimate of drug-likeness (QED) is 0.530. The van der Waals surface area contributed by atoms with Crippen LogP contribution < -0.4 is 5.32 Å². The molecule has 0 aromatic carbocycles. The third-order valence-electron chi connectivity index (χ3n) is 5.47. The SMILES string of the molecule is C=C(/C=C1/C(=O)N(C(CCC=O)C(=O)NC)C/C1=C/C)C1CCCCC1.CC. The molecule has 28 heavy (non-hydrogen) atoms. The van der Waals surface area contributed by atoms with E-state index in [1.165, 1.54) is 19.3 Å². The Balaban J connectivity index is 0.00000190. The maximum Gasteiger partial charge on any atom is 0.255 e. The van der Waals surface area contributed by atoms with Gasteiger partial charge in [-0.3, -0.25) is 9.59 Å². The van der Waals surface area contributed by atoms with Gasteiger partial charge in [-0.25, -0.2) is 0 Å².